The van der Waals surface area contributed by atoms with E-state index in [1.165, 1.54) is 16.5 Å². The zero-order chi connectivity index (χ0) is 12.1. The van der Waals surface area contributed by atoms with Gasteiger partial charge in [0.25, 0.3) is 0 Å². The molecule has 0 atom stereocenters. The summed E-state index contributed by atoms with van der Waals surface area (Å²) in [6.07, 6.45) is 2.86. The highest BCUT2D eigenvalue weighted by Gasteiger charge is 2.00. The Morgan fingerprint density at radius 1 is 1.29 bits per heavy atom. The average molecular weight is 226 g/mol. The van der Waals surface area contributed by atoms with Gasteiger partial charge in [-0.25, -0.2) is 0 Å². The Bertz CT molecular complexity index is 512. The number of benzene rings is 1. The first kappa shape index (κ1) is 11.8. The topological polar surface area (TPSA) is 24.9 Å². The Morgan fingerprint density at radius 3 is 2.94 bits per heavy atom. The number of rotatable bonds is 5. The second-order valence-electron chi connectivity index (χ2n) is 4.38. The van der Waals surface area contributed by atoms with E-state index in [0.717, 1.165) is 25.0 Å². The Kier molecular flexibility index (Phi) is 3.89. The molecule has 2 rings (SSSR count). The zero-order valence-corrected chi connectivity index (χ0v) is 10.2. The molecule has 0 saturated carbocycles. The van der Waals surface area contributed by atoms with E-state index in [1.54, 1.807) is 0 Å². The fraction of sp³-hybridized carbons (Fsp3) is 0.267. The summed E-state index contributed by atoms with van der Waals surface area (Å²) in [6.45, 7) is 7.76. The molecule has 2 heteroatoms. The Hall–Kier alpha value is -1.67. The molecule has 0 aliphatic rings. The van der Waals surface area contributed by atoms with E-state index in [-0.39, 0.29) is 0 Å². The molecule has 2 nitrogen and oxygen atoms in total. The smallest absolute Gasteiger partial charge is 0.0734 e. The van der Waals surface area contributed by atoms with Gasteiger partial charge in [0.1, 0.15) is 0 Å². The summed E-state index contributed by atoms with van der Waals surface area (Å²) in [5.41, 5.74) is 3.59. The molecule has 0 aliphatic heterocycles. The predicted octanol–water partition coefficient (Wildman–Crippen LogP) is 2.94. The van der Waals surface area contributed by atoms with Gasteiger partial charge in [0.2, 0.25) is 0 Å². The normalized spacial score (nSPS) is 10.6. The van der Waals surface area contributed by atoms with Crippen molar-refractivity contribution in [1.29, 1.82) is 0 Å². The summed E-state index contributed by atoms with van der Waals surface area (Å²) in [5, 5.41) is 4.58. The van der Waals surface area contributed by atoms with Crippen LogP contribution in [0, 0.1) is 0 Å². The first-order valence-corrected chi connectivity index (χ1v) is 5.95. The van der Waals surface area contributed by atoms with Crippen molar-refractivity contribution in [2.24, 2.45) is 0 Å². The molecule has 0 aliphatic carbocycles. The number of pyridine rings is 1. The maximum Gasteiger partial charge on any atom is 0.0734 e. The van der Waals surface area contributed by atoms with Crippen molar-refractivity contribution in [1.82, 2.24) is 10.3 Å². The molecule has 1 heterocycles. The molecule has 2 aromatic rings. The minimum atomic E-state index is 0.887. The van der Waals surface area contributed by atoms with E-state index in [9.17, 15) is 0 Å². The number of fused-ring (bicyclic) bond motifs is 1. The molecule has 0 saturated heterocycles. The number of aromatic nitrogens is 1. The number of para-hydroxylation sites is 1. The first-order valence-electron chi connectivity index (χ1n) is 5.95. The highest BCUT2D eigenvalue weighted by molar-refractivity contribution is 5.81. The first-order chi connectivity index (χ1) is 8.27. The lowest BCUT2D eigenvalue weighted by molar-refractivity contribution is 0.730. The van der Waals surface area contributed by atoms with Gasteiger partial charge in [-0.3, -0.25) is 4.98 Å². The third kappa shape index (κ3) is 3.14. The lowest BCUT2D eigenvalue weighted by atomic mass is 10.1. The second-order valence-corrected chi connectivity index (χ2v) is 4.38. The number of hydrogen-bond acceptors (Lipinski definition) is 2. The third-order valence-electron chi connectivity index (χ3n) is 2.71. The van der Waals surface area contributed by atoms with E-state index in [1.807, 2.05) is 19.2 Å². The summed E-state index contributed by atoms with van der Waals surface area (Å²) in [4.78, 5) is 4.45. The summed E-state index contributed by atoms with van der Waals surface area (Å²) in [6, 6.07) is 10.4. The highest BCUT2D eigenvalue weighted by atomic mass is 14.8. The minimum Gasteiger partial charge on any atom is -0.313 e. The SMILES string of the molecule is C=C(C)CNCCc1cccc2cccnc12. The van der Waals surface area contributed by atoms with E-state index in [0.29, 0.717) is 0 Å². The van der Waals surface area contributed by atoms with Crippen LogP contribution in [0.25, 0.3) is 10.9 Å². The number of nitrogens with zero attached hydrogens (tertiary/aromatic N) is 1. The van der Waals surface area contributed by atoms with Crippen LogP contribution in [-0.2, 0) is 6.42 Å². The summed E-state index contributed by atoms with van der Waals surface area (Å²) < 4.78 is 0. The number of hydrogen-bond donors (Lipinski definition) is 1. The number of nitrogens with one attached hydrogen (secondary N) is 1. The van der Waals surface area contributed by atoms with Crippen LogP contribution in [0.4, 0.5) is 0 Å². The summed E-state index contributed by atoms with van der Waals surface area (Å²) >= 11 is 0. The molecule has 0 spiro atoms. The van der Waals surface area contributed by atoms with Gasteiger partial charge in [-0.2, -0.15) is 0 Å². The predicted molar refractivity (Wildman–Crippen MR) is 73.1 cm³/mol. The van der Waals surface area contributed by atoms with Crippen molar-refractivity contribution < 1.29 is 0 Å². The van der Waals surface area contributed by atoms with Crippen molar-refractivity contribution in [3.63, 3.8) is 0 Å². The third-order valence-corrected chi connectivity index (χ3v) is 2.71. The molecule has 1 aromatic heterocycles. The fourth-order valence-corrected chi connectivity index (χ4v) is 1.89. The van der Waals surface area contributed by atoms with Crippen LogP contribution >= 0.6 is 0 Å². The average Bonchev–Trinajstić information content (AvgIpc) is 2.34. The molecule has 0 bridgehead atoms. The van der Waals surface area contributed by atoms with Crippen LogP contribution in [0.3, 0.4) is 0 Å². The molecule has 0 radical (unpaired) electrons. The molecule has 0 unspecified atom stereocenters. The van der Waals surface area contributed by atoms with Gasteiger partial charge in [-0.15, -0.1) is 0 Å². The molecule has 0 amide bonds. The van der Waals surface area contributed by atoms with Crippen molar-refractivity contribution >= 4 is 10.9 Å². The van der Waals surface area contributed by atoms with Gasteiger partial charge in [0.15, 0.2) is 0 Å². The Morgan fingerprint density at radius 2 is 2.12 bits per heavy atom. The molecule has 17 heavy (non-hydrogen) atoms. The van der Waals surface area contributed by atoms with Crippen LogP contribution in [-0.4, -0.2) is 18.1 Å². The summed E-state index contributed by atoms with van der Waals surface area (Å²) in [5.74, 6) is 0. The van der Waals surface area contributed by atoms with Gasteiger partial charge >= 0.3 is 0 Å². The largest absolute Gasteiger partial charge is 0.313 e. The van der Waals surface area contributed by atoms with Crippen molar-refractivity contribution in [3.05, 3.63) is 54.2 Å². The fourth-order valence-electron chi connectivity index (χ4n) is 1.89. The van der Waals surface area contributed by atoms with Crippen LogP contribution in [0.1, 0.15) is 12.5 Å². The van der Waals surface area contributed by atoms with Crippen molar-refractivity contribution in [3.8, 4) is 0 Å². The molecule has 1 N–H and O–H groups in total. The maximum atomic E-state index is 4.45. The van der Waals surface area contributed by atoms with E-state index < -0.39 is 0 Å². The standard InChI is InChI=1S/C15H18N2/c1-12(2)11-16-10-8-14-6-3-5-13-7-4-9-17-15(13)14/h3-7,9,16H,1,8,10-11H2,2H3. The van der Waals surface area contributed by atoms with Crippen LogP contribution in [0.15, 0.2) is 48.7 Å². The van der Waals surface area contributed by atoms with Gasteiger partial charge < -0.3 is 5.32 Å². The lowest BCUT2D eigenvalue weighted by Gasteiger charge is -2.07. The van der Waals surface area contributed by atoms with E-state index >= 15 is 0 Å². The molecular weight excluding hydrogens is 208 g/mol. The quantitative estimate of drug-likeness (QED) is 0.626. The van der Waals surface area contributed by atoms with Crippen LogP contribution < -0.4 is 5.32 Å². The van der Waals surface area contributed by atoms with Crippen LogP contribution in [0.2, 0.25) is 0 Å². The molecule has 88 valence electrons. The van der Waals surface area contributed by atoms with Crippen molar-refractivity contribution in [2.45, 2.75) is 13.3 Å². The Balaban J connectivity index is 2.05. The van der Waals surface area contributed by atoms with Crippen LogP contribution in [0.5, 0.6) is 0 Å². The molecular formula is C15H18N2. The monoisotopic (exact) mass is 226 g/mol. The zero-order valence-electron chi connectivity index (χ0n) is 10.2. The van der Waals surface area contributed by atoms with Gasteiger partial charge in [0.05, 0.1) is 5.52 Å². The van der Waals surface area contributed by atoms with Crippen molar-refractivity contribution in [2.75, 3.05) is 13.1 Å². The maximum absolute atomic E-state index is 4.45. The van der Waals surface area contributed by atoms with Gasteiger partial charge in [0, 0.05) is 18.1 Å². The van der Waals surface area contributed by atoms with E-state index in [4.69, 9.17) is 0 Å². The lowest BCUT2D eigenvalue weighted by Crippen LogP contribution is -2.19. The highest BCUT2D eigenvalue weighted by Crippen LogP contribution is 2.15. The second kappa shape index (κ2) is 5.60. The van der Waals surface area contributed by atoms with E-state index in [2.05, 4.69) is 41.1 Å². The Labute approximate surface area is 102 Å². The molecule has 0 fully saturated rings. The summed E-state index contributed by atoms with van der Waals surface area (Å²) in [7, 11) is 0. The van der Waals surface area contributed by atoms with Gasteiger partial charge in [-0.05, 0) is 31.5 Å². The minimum absolute atomic E-state index is 0.887. The molecule has 1 aromatic carbocycles. The van der Waals surface area contributed by atoms with Gasteiger partial charge in [-0.1, -0.05) is 36.4 Å².